The Kier molecular flexibility index (Phi) is 10.9. The van der Waals surface area contributed by atoms with E-state index in [4.69, 9.17) is 0 Å². The fraction of sp³-hybridized carbons (Fsp3) is 0.250. The number of aromatic nitrogens is 1. The predicted octanol–water partition coefficient (Wildman–Crippen LogP) is 7.65. The Bertz CT molecular complexity index is 1790. The minimum atomic E-state index is -0.160. The number of hydrogen-bond acceptors (Lipinski definition) is 4. The van der Waals surface area contributed by atoms with Gasteiger partial charge >= 0.3 is 0 Å². The highest BCUT2D eigenvalue weighted by Gasteiger charge is 2.27. The molecule has 0 aliphatic carbocycles. The van der Waals surface area contributed by atoms with Crippen molar-refractivity contribution in [2.45, 2.75) is 33.6 Å². The monoisotopic (exact) mass is 745 g/mol. The van der Waals surface area contributed by atoms with Gasteiger partial charge in [0.05, 0.1) is 17.6 Å². The number of hydrogen-bond donors (Lipinski definition) is 4. The van der Waals surface area contributed by atoms with E-state index in [0.29, 0.717) is 24.1 Å². The number of benzene rings is 3. The molecule has 3 amide bonds. The van der Waals surface area contributed by atoms with Crippen LogP contribution in [-0.2, 0) is 16.0 Å². The highest BCUT2D eigenvalue weighted by molar-refractivity contribution is 9.10. The highest BCUT2D eigenvalue weighted by atomic mass is 79.9. The molecule has 4 aromatic rings. The van der Waals surface area contributed by atoms with Gasteiger partial charge in [0.1, 0.15) is 0 Å². The summed E-state index contributed by atoms with van der Waals surface area (Å²) < 4.78 is 1.92. The Hall–Kier alpha value is -3.99. The molecule has 0 unspecified atom stereocenters. The van der Waals surface area contributed by atoms with Crippen molar-refractivity contribution in [3.63, 3.8) is 0 Å². The fourth-order valence-corrected chi connectivity index (χ4v) is 6.49. The number of H-pyrrole nitrogens is 1. The van der Waals surface area contributed by atoms with E-state index in [0.717, 1.165) is 80.0 Å². The van der Waals surface area contributed by atoms with Crippen LogP contribution >= 0.6 is 31.9 Å². The summed E-state index contributed by atoms with van der Waals surface area (Å²) in [5.41, 5.74) is 8.02. The molecule has 2 aliphatic rings. The standard InChI is InChI=1S/C28H31BrN4O2.C8H6BrNO/c1-4-33(5-2)15-9-14-30-28(35)25-18(3)31-24(26(25)19-10-7-6-8-11-19)17-22-21-16-20(29)12-13-23(21)32-27(22)34;9-6-1-2-7-5(3-6)4-8(11)10-7/h6-8,10-13,16-17,31H,4-5,9,14-15H2,1-3H3,(H,30,35)(H,32,34);1-3H,4H2,(H,10,11). The smallest absolute Gasteiger partial charge is 0.256 e. The van der Waals surface area contributed by atoms with Crippen LogP contribution in [0.4, 0.5) is 11.4 Å². The van der Waals surface area contributed by atoms with E-state index in [2.05, 4.69) is 71.5 Å². The van der Waals surface area contributed by atoms with Gasteiger partial charge in [0, 0.05) is 49.4 Å². The lowest BCUT2D eigenvalue weighted by Crippen LogP contribution is -2.30. The van der Waals surface area contributed by atoms with Crippen LogP contribution in [-0.4, -0.2) is 53.8 Å². The minimum Gasteiger partial charge on any atom is -0.358 e. The van der Waals surface area contributed by atoms with Gasteiger partial charge in [-0.1, -0.05) is 76.0 Å². The predicted molar refractivity (Wildman–Crippen MR) is 193 cm³/mol. The molecule has 0 spiro atoms. The van der Waals surface area contributed by atoms with Crippen molar-refractivity contribution in [1.29, 1.82) is 0 Å². The number of aryl methyl sites for hydroxylation is 1. The molecule has 8 nitrogen and oxygen atoms in total. The van der Waals surface area contributed by atoms with E-state index in [1.165, 1.54) is 0 Å². The van der Waals surface area contributed by atoms with Gasteiger partial charge in [-0.2, -0.15) is 0 Å². The van der Waals surface area contributed by atoms with Gasteiger partial charge in [-0.25, -0.2) is 0 Å². The van der Waals surface area contributed by atoms with Gasteiger partial charge < -0.3 is 25.8 Å². The van der Waals surface area contributed by atoms with Crippen molar-refractivity contribution < 1.29 is 14.4 Å². The van der Waals surface area contributed by atoms with Gasteiger partial charge in [-0.05, 0) is 86.6 Å². The highest BCUT2D eigenvalue weighted by Crippen LogP contribution is 2.38. The van der Waals surface area contributed by atoms with E-state index in [-0.39, 0.29) is 17.7 Å². The molecule has 10 heteroatoms. The zero-order valence-electron chi connectivity index (χ0n) is 26.1. The number of carbonyl (C=O) groups is 3. The molecule has 238 valence electrons. The molecule has 0 atom stereocenters. The van der Waals surface area contributed by atoms with Crippen molar-refractivity contribution >= 4 is 72.6 Å². The van der Waals surface area contributed by atoms with Gasteiger partial charge in [-0.15, -0.1) is 0 Å². The Morgan fingerprint density at radius 2 is 1.63 bits per heavy atom. The molecule has 2 aliphatic heterocycles. The van der Waals surface area contributed by atoms with Crippen LogP contribution in [0.3, 0.4) is 0 Å². The Balaban J connectivity index is 0.000000316. The number of aromatic amines is 1. The van der Waals surface area contributed by atoms with Crippen molar-refractivity contribution in [2.75, 3.05) is 36.8 Å². The Morgan fingerprint density at radius 1 is 0.935 bits per heavy atom. The molecule has 3 aromatic carbocycles. The zero-order valence-corrected chi connectivity index (χ0v) is 29.3. The zero-order chi connectivity index (χ0) is 32.8. The Morgan fingerprint density at radius 3 is 2.35 bits per heavy atom. The lowest BCUT2D eigenvalue weighted by molar-refractivity contribution is -0.115. The summed E-state index contributed by atoms with van der Waals surface area (Å²) in [6, 6.07) is 21.3. The maximum Gasteiger partial charge on any atom is 0.256 e. The largest absolute Gasteiger partial charge is 0.358 e. The number of rotatable bonds is 9. The first-order valence-electron chi connectivity index (χ1n) is 15.4. The molecular weight excluding hydrogens is 710 g/mol. The van der Waals surface area contributed by atoms with Crippen molar-refractivity contribution in [2.24, 2.45) is 0 Å². The third kappa shape index (κ3) is 7.68. The fourth-order valence-electron chi connectivity index (χ4n) is 5.72. The lowest BCUT2D eigenvalue weighted by atomic mass is 9.97. The summed E-state index contributed by atoms with van der Waals surface area (Å²) in [5.74, 6) is -0.189. The van der Waals surface area contributed by atoms with Crippen LogP contribution in [0.1, 0.15) is 53.1 Å². The third-order valence-electron chi connectivity index (χ3n) is 8.08. The number of anilines is 2. The number of amides is 3. The van der Waals surface area contributed by atoms with E-state index >= 15 is 0 Å². The van der Waals surface area contributed by atoms with Crippen LogP contribution in [0.2, 0.25) is 0 Å². The molecule has 46 heavy (non-hydrogen) atoms. The average Bonchev–Trinajstić information content (AvgIpc) is 3.68. The van der Waals surface area contributed by atoms with Crippen LogP contribution in [0.15, 0.2) is 75.7 Å². The summed E-state index contributed by atoms with van der Waals surface area (Å²) in [6.45, 7) is 9.76. The molecule has 0 saturated heterocycles. The van der Waals surface area contributed by atoms with E-state index in [1.54, 1.807) is 0 Å². The van der Waals surface area contributed by atoms with Crippen LogP contribution < -0.4 is 16.0 Å². The third-order valence-corrected chi connectivity index (χ3v) is 9.07. The van der Waals surface area contributed by atoms with Crippen LogP contribution in [0.5, 0.6) is 0 Å². The summed E-state index contributed by atoms with van der Waals surface area (Å²) in [7, 11) is 0. The number of nitrogens with one attached hydrogen (secondary N) is 4. The van der Waals surface area contributed by atoms with E-state index in [9.17, 15) is 14.4 Å². The van der Waals surface area contributed by atoms with Gasteiger partial charge in [0.15, 0.2) is 0 Å². The molecule has 1 aromatic heterocycles. The van der Waals surface area contributed by atoms with Crippen LogP contribution in [0, 0.1) is 6.92 Å². The lowest BCUT2D eigenvalue weighted by Gasteiger charge is -2.17. The molecule has 3 heterocycles. The normalized spacial score (nSPS) is 14.0. The molecule has 0 radical (unpaired) electrons. The topological polar surface area (TPSA) is 106 Å². The number of carbonyl (C=O) groups excluding carboxylic acids is 3. The summed E-state index contributed by atoms with van der Waals surface area (Å²) in [6.07, 6.45) is 3.25. The second-order valence-corrected chi connectivity index (χ2v) is 13.0. The number of fused-ring (bicyclic) bond motifs is 2. The van der Waals surface area contributed by atoms with Gasteiger partial charge in [-0.3, -0.25) is 14.4 Å². The molecule has 0 saturated carbocycles. The maximum absolute atomic E-state index is 13.4. The molecular formula is C36H37Br2N5O3. The summed E-state index contributed by atoms with van der Waals surface area (Å²) >= 11 is 6.85. The first-order chi connectivity index (χ1) is 22.2. The molecule has 4 N–H and O–H groups in total. The molecule has 6 rings (SSSR count). The van der Waals surface area contributed by atoms with Crippen molar-refractivity contribution in [3.05, 3.63) is 104 Å². The van der Waals surface area contributed by atoms with E-state index in [1.807, 2.05) is 79.7 Å². The first kappa shape index (κ1) is 33.4. The van der Waals surface area contributed by atoms with E-state index < -0.39 is 0 Å². The quantitative estimate of drug-likeness (QED) is 0.104. The SMILES string of the molecule is CCN(CC)CCCNC(=O)c1c(C)[nH]c(C=C2C(=O)Nc3ccc(Br)cc32)c1-c1ccccc1.O=C1Cc2cc(Br)ccc2N1. The molecule has 0 bridgehead atoms. The molecule has 0 fully saturated rings. The number of nitrogens with zero attached hydrogens (tertiary/aromatic N) is 1. The van der Waals surface area contributed by atoms with Gasteiger partial charge in [0.25, 0.3) is 11.8 Å². The second kappa shape index (κ2) is 15.1. The summed E-state index contributed by atoms with van der Waals surface area (Å²) in [4.78, 5) is 42.8. The van der Waals surface area contributed by atoms with Crippen molar-refractivity contribution in [1.82, 2.24) is 15.2 Å². The average molecular weight is 748 g/mol. The van der Waals surface area contributed by atoms with Crippen LogP contribution in [0.25, 0.3) is 22.8 Å². The van der Waals surface area contributed by atoms with Crippen molar-refractivity contribution in [3.8, 4) is 11.1 Å². The first-order valence-corrected chi connectivity index (χ1v) is 17.0. The summed E-state index contributed by atoms with van der Waals surface area (Å²) in [5, 5.41) is 8.79. The number of halogens is 2. The minimum absolute atomic E-state index is 0.0816. The maximum atomic E-state index is 13.4. The Labute approximate surface area is 286 Å². The second-order valence-electron chi connectivity index (χ2n) is 11.1. The van der Waals surface area contributed by atoms with Gasteiger partial charge in [0.2, 0.25) is 5.91 Å².